The van der Waals surface area contributed by atoms with Gasteiger partial charge < -0.3 is 14.2 Å². The maximum atomic E-state index is 12.9. The zero-order chi connectivity index (χ0) is 18.7. The lowest BCUT2D eigenvalue weighted by atomic mass is 10.1. The van der Waals surface area contributed by atoms with Crippen LogP contribution in [0.2, 0.25) is 0 Å². The fourth-order valence-electron chi connectivity index (χ4n) is 3.12. The largest absolute Gasteiger partial charge is 0.443 e. The van der Waals surface area contributed by atoms with E-state index in [0.29, 0.717) is 24.2 Å². The number of carbonyl (C=O) groups excluding carboxylic acids is 3. The lowest BCUT2D eigenvalue weighted by molar-refractivity contribution is -0.140. The molecule has 1 amide bonds. The zero-order valence-electron chi connectivity index (χ0n) is 15.0. The third kappa shape index (κ3) is 3.69. The molecule has 6 heteroatoms. The molecule has 1 aromatic carbocycles. The highest BCUT2D eigenvalue weighted by Crippen LogP contribution is 2.24. The van der Waals surface area contributed by atoms with Crippen LogP contribution in [0.3, 0.4) is 0 Å². The number of amides is 1. The molecule has 2 aromatic rings. The predicted molar refractivity (Wildman–Crippen MR) is 95.8 cm³/mol. The summed E-state index contributed by atoms with van der Waals surface area (Å²) in [6.07, 6.45) is 2.51. The average Bonchev–Trinajstić information content (AvgIpc) is 3.29. The molecule has 1 atom stereocenters. The van der Waals surface area contributed by atoms with Crippen molar-refractivity contribution < 1.29 is 19.1 Å². The molecular weight excluding hydrogens is 332 g/mol. The standard InChI is InChI=1S/C20H22N2O4/c1-14(23)16-12-17(21(2)13-16)20(25)26-18(15-8-4-3-5-9-15)19(24)22-10-6-7-11-22/h3-5,8-9,12-13,18H,6-7,10-11H2,1-2H3/t18-/m0/s1. The van der Waals surface area contributed by atoms with Gasteiger partial charge in [0.1, 0.15) is 5.69 Å². The Hall–Kier alpha value is -2.89. The van der Waals surface area contributed by atoms with Crippen molar-refractivity contribution in [3.8, 4) is 0 Å². The summed E-state index contributed by atoms with van der Waals surface area (Å²) in [5, 5.41) is 0. The maximum absolute atomic E-state index is 12.9. The van der Waals surface area contributed by atoms with Crippen molar-refractivity contribution in [2.45, 2.75) is 25.9 Å². The summed E-state index contributed by atoms with van der Waals surface area (Å²) in [5.41, 5.74) is 1.31. The third-order valence-corrected chi connectivity index (χ3v) is 4.59. The summed E-state index contributed by atoms with van der Waals surface area (Å²) in [7, 11) is 1.67. The number of aromatic nitrogens is 1. The highest BCUT2D eigenvalue weighted by molar-refractivity contribution is 5.98. The van der Waals surface area contributed by atoms with E-state index >= 15 is 0 Å². The first-order valence-electron chi connectivity index (χ1n) is 8.69. The van der Waals surface area contributed by atoms with Crippen LogP contribution in [-0.4, -0.2) is 40.2 Å². The number of nitrogens with zero attached hydrogens (tertiary/aromatic N) is 2. The van der Waals surface area contributed by atoms with Gasteiger partial charge in [-0.25, -0.2) is 4.79 Å². The lowest BCUT2D eigenvalue weighted by Gasteiger charge is -2.23. The van der Waals surface area contributed by atoms with Crippen LogP contribution < -0.4 is 0 Å². The van der Waals surface area contributed by atoms with Crippen molar-refractivity contribution >= 4 is 17.7 Å². The fourth-order valence-corrected chi connectivity index (χ4v) is 3.12. The minimum atomic E-state index is -0.988. The van der Waals surface area contributed by atoms with E-state index in [9.17, 15) is 14.4 Å². The Labute approximate surface area is 152 Å². The van der Waals surface area contributed by atoms with Crippen molar-refractivity contribution in [1.82, 2.24) is 9.47 Å². The van der Waals surface area contributed by atoms with Crippen LogP contribution in [-0.2, 0) is 16.6 Å². The first kappa shape index (κ1) is 17.9. The molecule has 1 aromatic heterocycles. The van der Waals surface area contributed by atoms with E-state index in [1.807, 2.05) is 18.2 Å². The predicted octanol–water partition coefficient (Wildman–Crippen LogP) is 2.75. The minimum absolute atomic E-state index is 0.132. The third-order valence-electron chi connectivity index (χ3n) is 4.59. The SMILES string of the molecule is CC(=O)c1cc(C(=O)O[C@H](C(=O)N2CCCC2)c2ccccc2)n(C)c1. The molecule has 3 rings (SSSR count). The molecule has 0 aliphatic carbocycles. The van der Waals surface area contributed by atoms with Gasteiger partial charge in [-0.2, -0.15) is 0 Å². The van der Waals surface area contributed by atoms with Crippen molar-refractivity contribution in [1.29, 1.82) is 0 Å². The van der Waals surface area contributed by atoms with Gasteiger partial charge in [0.15, 0.2) is 5.78 Å². The molecule has 1 aliphatic rings. The topological polar surface area (TPSA) is 68.6 Å². The summed E-state index contributed by atoms with van der Waals surface area (Å²) in [6.45, 7) is 2.80. The van der Waals surface area contributed by atoms with Crippen LogP contribution >= 0.6 is 0 Å². The number of likely N-dealkylation sites (tertiary alicyclic amines) is 1. The van der Waals surface area contributed by atoms with Gasteiger partial charge in [0.05, 0.1) is 0 Å². The minimum Gasteiger partial charge on any atom is -0.443 e. The van der Waals surface area contributed by atoms with E-state index in [2.05, 4.69) is 0 Å². The van der Waals surface area contributed by atoms with Gasteiger partial charge in [-0.3, -0.25) is 9.59 Å². The molecule has 0 bridgehead atoms. The number of benzene rings is 1. The quantitative estimate of drug-likeness (QED) is 0.612. The molecule has 26 heavy (non-hydrogen) atoms. The molecule has 1 saturated heterocycles. The van der Waals surface area contributed by atoms with Crippen LogP contribution in [0, 0.1) is 0 Å². The number of rotatable bonds is 5. The first-order valence-corrected chi connectivity index (χ1v) is 8.69. The number of aryl methyl sites for hydroxylation is 1. The Morgan fingerprint density at radius 1 is 1.08 bits per heavy atom. The Balaban J connectivity index is 1.86. The second-order valence-corrected chi connectivity index (χ2v) is 6.51. The molecule has 6 nitrogen and oxygen atoms in total. The van der Waals surface area contributed by atoms with Gasteiger partial charge in [0.2, 0.25) is 6.10 Å². The highest BCUT2D eigenvalue weighted by atomic mass is 16.5. The summed E-state index contributed by atoms with van der Waals surface area (Å²) in [4.78, 5) is 38.8. The van der Waals surface area contributed by atoms with Gasteiger partial charge in [-0.05, 0) is 25.8 Å². The Morgan fingerprint density at radius 3 is 2.31 bits per heavy atom. The summed E-state index contributed by atoms with van der Waals surface area (Å²) >= 11 is 0. The van der Waals surface area contributed by atoms with Crippen molar-refractivity contribution in [3.63, 3.8) is 0 Å². The summed E-state index contributed by atoms with van der Waals surface area (Å²) in [5.74, 6) is -0.961. The Morgan fingerprint density at radius 2 is 1.73 bits per heavy atom. The first-order chi connectivity index (χ1) is 12.5. The van der Waals surface area contributed by atoms with Crippen LogP contribution in [0.15, 0.2) is 42.6 Å². The molecule has 0 N–H and O–H groups in total. The van der Waals surface area contributed by atoms with Crippen LogP contribution in [0.5, 0.6) is 0 Å². The second kappa shape index (κ2) is 7.56. The van der Waals surface area contributed by atoms with Gasteiger partial charge in [-0.1, -0.05) is 30.3 Å². The number of carbonyl (C=O) groups is 3. The number of hydrogen-bond donors (Lipinski definition) is 0. The Bertz CT molecular complexity index is 820. The number of Topliss-reactive ketones (excluding diaryl/α,β-unsaturated/α-hetero) is 1. The van der Waals surface area contributed by atoms with E-state index in [0.717, 1.165) is 12.8 Å². The zero-order valence-corrected chi connectivity index (χ0v) is 15.0. The van der Waals surface area contributed by atoms with E-state index in [4.69, 9.17) is 4.74 Å². The normalized spacial score (nSPS) is 14.9. The van der Waals surface area contributed by atoms with Crippen molar-refractivity contribution in [2.24, 2.45) is 7.05 Å². The van der Waals surface area contributed by atoms with Gasteiger partial charge in [0, 0.05) is 37.5 Å². The van der Waals surface area contributed by atoms with Crippen molar-refractivity contribution in [3.05, 3.63) is 59.4 Å². The van der Waals surface area contributed by atoms with Gasteiger partial charge >= 0.3 is 5.97 Å². The second-order valence-electron chi connectivity index (χ2n) is 6.51. The monoisotopic (exact) mass is 354 g/mol. The molecule has 0 unspecified atom stereocenters. The maximum Gasteiger partial charge on any atom is 0.356 e. The molecule has 136 valence electrons. The fraction of sp³-hybridized carbons (Fsp3) is 0.350. The average molecular weight is 354 g/mol. The Kier molecular flexibility index (Phi) is 5.21. The molecule has 1 aliphatic heterocycles. The van der Waals surface area contributed by atoms with E-state index in [-0.39, 0.29) is 17.4 Å². The highest BCUT2D eigenvalue weighted by Gasteiger charge is 2.32. The number of esters is 1. The lowest BCUT2D eigenvalue weighted by Crippen LogP contribution is -2.35. The molecule has 0 spiro atoms. The summed E-state index contributed by atoms with van der Waals surface area (Å²) < 4.78 is 7.15. The molecule has 0 radical (unpaired) electrons. The molecule has 1 fully saturated rings. The molecule has 2 heterocycles. The van der Waals surface area contributed by atoms with Crippen LogP contribution in [0.25, 0.3) is 0 Å². The van der Waals surface area contributed by atoms with E-state index < -0.39 is 12.1 Å². The molecular formula is C20H22N2O4. The number of hydrogen-bond acceptors (Lipinski definition) is 4. The number of ketones is 1. The number of ether oxygens (including phenoxy) is 1. The van der Waals surface area contributed by atoms with E-state index in [1.54, 1.807) is 34.8 Å². The van der Waals surface area contributed by atoms with E-state index in [1.165, 1.54) is 13.0 Å². The van der Waals surface area contributed by atoms with Gasteiger partial charge in [-0.15, -0.1) is 0 Å². The molecule has 0 saturated carbocycles. The van der Waals surface area contributed by atoms with Gasteiger partial charge in [0.25, 0.3) is 5.91 Å². The van der Waals surface area contributed by atoms with Crippen molar-refractivity contribution in [2.75, 3.05) is 13.1 Å². The van der Waals surface area contributed by atoms with Crippen LogP contribution in [0.1, 0.15) is 52.3 Å². The van der Waals surface area contributed by atoms with Crippen LogP contribution in [0.4, 0.5) is 0 Å². The smallest absolute Gasteiger partial charge is 0.356 e. The summed E-state index contributed by atoms with van der Waals surface area (Å²) in [6, 6.07) is 10.5.